The molecule has 2 aromatic heterocycles. The molecule has 4 aromatic rings. The summed E-state index contributed by atoms with van der Waals surface area (Å²) < 4.78 is 10.8. The number of methoxy groups -OCH3 is 1. The minimum atomic E-state index is -0.0966. The number of rotatable bonds is 17. The molecule has 0 aliphatic heterocycles. The highest BCUT2D eigenvalue weighted by Gasteiger charge is 2.13. The van der Waals surface area contributed by atoms with Gasteiger partial charge in [-0.15, -0.1) is 0 Å². The van der Waals surface area contributed by atoms with Gasteiger partial charge < -0.3 is 14.4 Å². The first-order valence-corrected chi connectivity index (χ1v) is 14.8. The molecule has 0 spiro atoms. The number of likely N-dealkylation sites (N-methyl/N-ethyl adjacent to an activating group) is 1. The molecule has 41 heavy (non-hydrogen) atoms. The van der Waals surface area contributed by atoms with Crippen LogP contribution in [0, 0.1) is 0 Å². The Morgan fingerprint density at radius 3 is 2.29 bits per heavy atom. The molecular formula is C34H42N4O3. The van der Waals surface area contributed by atoms with Crippen LogP contribution in [0.3, 0.4) is 0 Å². The number of aryl methyl sites for hydroxylation is 1. The van der Waals surface area contributed by atoms with Crippen LogP contribution in [0.2, 0.25) is 0 Å². The lowest BCUT2D eigenvalue weighted by Gasteiger charge is -2.21. The van der Waals surface area contributed by atoms with Crippen LogP contribution >= 0.6 is 0 Å². The van der Waals surface area contributed by atoms with Crippen LogP contribution in [-0.2, 0) is 16.0 Å². The number of unbranched alkanes of at least 4 members (excludes halogenated alkanes) is 7. The van der Waals surface area contributed by atoms with Crippen molar-refractivity contribution < 1.29 is 14.3 Å². The van der Waals surface area contributed by atoms with Crippen molar-refractivity contribution in [2.24, 2.45) is 0 Å². The fourth-order valence-corrected chi connectivity index (χ4v) is 4.89. The highest BCUT2D eigenvalue weighted by atomic mass is 16.5. The molecule has 2 heterocycles. The summed E-state index contributed by atoms with van der Waals surface area (Å²) in [5, 5.41) is 1.02. The number of hydrogen-bond donors (Lipinski definition) is 0. The van der Waals surface area contributed by atoms with Crippen LogP contribution in [0.15, 0.2) is 73.1 Å². The first kappa shape index (κ1) is 30.0. The zero-order valence-electron chi connectivity index (χ0n) is 24.4. The molecular weight excluding hydrogens is 512 g/mol. The second-order valence-corrected chi connectivity index (χ2v) is 10.4. The van der Waals surface area contributed by atoms with E-state index in [1.807, 2.05) is 37.4 Å². The highest BCUT2D eigenvalue weighted by Crippen LogP contribution is 2.26. The van der Waals surface area contributed by atoms with Crippen LogP contribution in [0.5, 0.6) is 5.75 Å². The van der Waals surface area contributed by atoms with E-state index in [0.29, 0.717) is 25.4 Å². The Balaban J connectivity index is 1.17. The Kier molecular flexibility index (Phi) is 11.9. The van der Waals surface area contributed by atoms with Gasteiger partial charge in [-0.05, 0) is 61.2 Å². The molecule has 0 fully saturated rings. The number of fused-ring (bicyclic) bond motifs is 1. The van der Waals surface area contributed by atoms with E-state index < -0.39 is 0 Å². The fourth-order valence-electron chi connectivity index (χ4n) is 4.89. The monoisotopic (exact) mass is 554 g/mol. The summed E-state index contributed by atoms with van der Waals surface area (Å²) in [6.07, 6.45) is 14.7. The number of aromatic nitrogens is 3. The minimum absolute atomic E-state index is 0.0966. The Labute approximate surface area is 244 Å². The molecule has 4 rings (SSSR count). The van der Waals surface area contributed by atoms with Gasteiger partial charge in [0.15, 0.2) is 5.82 Å². The minimum Gasteiger partial charge on any atom is -0.492 e. The van der Waals surface area contributed by atoms with Crippen molar-refractivity contribution in [3.05, 3.63) is 78.6 Å². The average Bonchev–Trinajstić information content (AvgIpc) is 3.02. The van der Waals surface area contributed by atoms with E-state index in [2.05, 4.69) is 45.0 Å². The van der Waals surface area contributed by atoms with E-state index >= 15 is 0 Å². The number of ether oxygens (including phenoxy) is 2. The number of benzene rings is 2. The van der Waals surface area contributed by atoms with E-state index in [4.69, 9.17) is 14.7 Å². The lowest BCUT2D eigenvalue weighted by atomic mass is 10.0. The van der Waals surface area contributed by atoms with Crippen molar-refractivity contribution >= 4 is 22.7 Å². The van der Waals surface area contributed by atoms with E-state index in [1.165, 1.54) is 51.2 Å². The van der Waals surface area contributed by atoms with Crippen LogP contribution in [0.4, 0.5) is 5.82 Å². The van der Waals surface area contributed by atoms with Crippen LogP contribution in [0.1, 0.15) is 63.4 Å². The summed E-state index contributed by atoms with van der Waals surface area (Å²) in [6, 6.07) is 20.5. The number of carbonyl (C=O) groups excluding carboxylic acids is 1. The molecule has 216 valence electrons. The molecule has 0 N–H and O–H groups in total. The third-order valence-corrected chi connectivity index (χ3v) is 7.31. The number of anilines is 1. The van der Waals surface area contributed by atoms with Crippen molar-refractivity contribution in [1.82, 2.24) is 15.0 Å². The molecule has 0 bridgehead atoms. The van der Waals surface area contributed by atoms with Crippen molar-refractivity contribution in [1.29, 1.82) is 0 Å². The number of carbonyl (C=O) groups is 1. The van der Waals surface area contributed by atoms with Crippen molar-refractivity contribution in [3.63, 3.8) is 0 Å². The van der Waals surface area contributed by atoms with Gasteiger partial charge in [0.25, 0.3) is 0 Å². The summed E-state index contributed by atoms with van der Waals surface area (Å²) in [5.74, 6) is 2.34. The van der Waals surface area contributed by atoms with Crippen molar-refractivity contribution in [3.8, 4) is 17.1 Å². The molecule has 0 amide bonds. The maximum Gasteiger partial charge on any atom is 0.305 e. The Bertz CT molecular complexity index is 1350. The quantitative estimate of drug-likeness (QED) is 0.0992. The molecule has 0 saturated carbocycles. The third kappa shape index (κ3) is 9.55. The lowest BCUT2D eigenvalue weighted by molar-refractivity contribution is -0.140. The standard InChI is InChI=1S/C34H42N4O3/c1-38(34-30-16-11-12-17-31(30)36-33(37-34)28-15-13-23-35-26-28)24-25-41-29-21-19-27(20-22-29)14-9-7-5-3-4-6-8-10-18-32(39)40-2/h11-13,15-17,19-23,26H,3-10,14,18,24-25H2,1-2H3. The van der Waals surface area contributed by atoms with Gasteiger partial charge in [0.05, 0.1) is 19.2 Å². The first-order valence-electron chi connectivity index (χ1n) is 14.8. The van der Waals surface area contributed by atoms with E-state index in [0.717, 1.165) is 47.3 Å². The smallest absolute Gasteiger partial charge is 0.305 e. The Morgan fingerprint density at radius 1 is 0.829 bits per heavy atom. The van der Waals surface area contributed by atoms with E-state index in [-0.39, 0.29) is 5.97 Å². The summed E-state index contributed by atoms with van der Waals surface area (Å²) in [6.45, 7) is 1.25. The zero-order chi connectivity index (χ0) is 28.7. The second kappa shape index (κ2) is 16.3. The Hall–Kier alpha value is -4.00. The number of esters is 1. The zero-order valence-corrected chi connectivity index (χ0v) is 24.4. The van der Waals surface area contributed by atoms with Gasteiger partial charge in [0, 0.05) is 36.8 Å². The summed E-state index contributed by atoms with van der Waals surface area (Å²) in [7, 11) is 3.49. The van der Waals surface area contributed by atoms with Gasteiger partial charge >= 0.3 is 5.97 Å². The van der Waals surface area contributed by atoms with E-state index in [1.54, 1.807) is 12.4 Å². The second-order valence-electron chi connectivity index (χ2n) is 10.4. The number of pyridine rings is 1. The number of para-hydroxylation sites is 1. The molecule has 0 unspecified atom stereocenters. The normalized spacial score (nSPS) is 11.0. The fraction of sp³-hybridized carbons (Fsp3) is 0.412. The lowest BCUT2D eigenvalue weighted by Crippen LogP contribution is -2.25. The van der Waals surface area contributed by atoms with Crippen molar-refractivity contribution in [2.45, 2.75) is 64.2 Å². The predicted molar refractivity (Wildman–Crippen MR) is 165 cm³/mol. The van der Waals surface area contributed by atoms with Gasteiger partial charge in [-0.25, -0.2) is 9.97 Å². The summed E-state index contributed by atoms with van der Waals surface area (Å²) in [5.41, 5.74) is 3.16. The van der Waals surface area contributed by atoms with Gasteiger partial charge in [-0.1, -0.05) is 62.8 Å². The number of hydrogen-bond acceptors (Lipinski definition) is 7. The molecule has 7 heteroatoms. The number of nitrogens with zero attached hydrogens (tertiary/aromatic N) is 4. The van der Waals surface area contributed by atoms with Gasteiger partial charge in [-0.3, -0.25) is 9.78 Å². The molecule has 0 aliphatic carbocycles. The molecule has 0 aliphatic rings. The molecule has 7 nitrogen and oxygen atoms in total. The van der Waals surface area contributed by atoms with Gasteiger partial charge in [0.1, 0.15) is 18.2 Å². The van der Waals surface area contributed by atoms with Gasteiger partial charge in [-0.2, -0.15) is 0 Å². The van der Waals surface area contributed by atoms with Crippen molar-refractivity contribution in [2.75, 3.05) is 32.2 Å². The third-order valence-electron chi connectivity index (χ3n) is 7.31. The van der Waals surface area contributed by atoms with Gasteiger partial charge in [0.2, 0.25) is 0 Å². The summed E-state index contributed by atoms with van der Waals surface area (Å²) >= 11 is 0. The topological polar surface area (TPSA) is 77.4 Å². The SMILES string of the molecule is COC(=O)CCCCCCCCCCc1ccc(OCCN(C)c2nc(-c3cccnc3)nc3ccccc23)cc1. The highest BCUT2D eigenvalue weighted by molar-refractivity contribution is 5.90. The molecule has 2 aromatic carbocycles. The first-order chi connectivity index (χ1) is 20.1. The molecule has 0 radical (unpaired) electrons. The van der Waals surface area contributed by atoms with Crippen LogP contribution < -0.4 is 9.64 Å². The Morgan fingerprint density at radius 2 is 1.56 bits per heavy atom. The largest absolute Gasteiger partial charge is 0.492 e. The van der Waals surface area contributed by atoms with Crippen LogP contribution in [0.25, 0.3) is 22.3 Å². The maximum atomic E-state index is 11.1. The molecule has 0 atom stereocenters. The average molecular weight is 555 g/mol. The van der Waals surface area contributed by atoms with E-state index in [9.17, 15) is 4.79 Å². The van der Waals surface area contributed by atoms with Crippen LogP contribution in [-0.4, -0.2) is 48.2 Å². The predicted octanol–water partition coefficient (Wildman–Crippen LogP) is 7.43. The maximum absolute atomic E-state index is 11.1. The molecule has 0 saturated heterocycles. The summed E-state index contributed by atoms with van der Waals surface area (Å²) in [4.78, 5) is 27.1.